The summed E-state index contributed by atoms with van der Waals surface area (Å²) >= 11 is 6.24. The fraction of sp³-hybridized carbons (Fsp3) is 0.333. The van der Waals surface area contributed by atoms with Crippen molar-refractivity contribution >= 4 is 40.9 Å². The van der Waals surface area contributed by atoms with Crippen molar-refractivity contribution in [2.45, 2.75) is 51.6 Å². The zero-order valence-corrected chi connectivity index (χ0v) is 21.2. The second-order valence-electron chi connectivity index (χ2n) is 9.63. The van der Waals surface area contributed by atoms with Crippen molar-refractivity contribution in [1.29, 1.82) is 0 Å². The molecule has 1 saturated heterocycles. The molecular weight excluding hydrogens is 480 g/mol. The van der Waals surface area contributed by atoms with Gasteiger partial charge in [0.2, 0.25) is 11.8 Å². The van der Waals surface area contributed by atoms with Gasteiger partial charge in [-0.1, -0.05) is 35.9 Å². The number of nitrogens with zero attached hydrogens (tertiary/aromatic N) is 1. The molecule has 2 aliphatic heterocycles. The Bertz CT molecular complexity index is 1270. The number of carbonyl (C=O) groups excluding carboxylic acids is 4. The summed E-state index contributed by atoms with van der Waals surface area (Å²) in [5.74, 6) is -2.21. The number of hydrogen-bond acceptors (Lipinski definition) is 6. The summed E-state index contributed by atoms with van der Waals surface area (Å²) in [6, 6.07) is 12.7. The molecule has 36 heavy (non-hydrogen) atoms. The first kappa shape index (κ1) is 25.6. The predicted molar refractivity (Wildman–Crippen MR) is 137 cm³/mol. The molecule has 0 radical (unpaired) electrons. The molecule has 2 aromatic carbocycles. The number of carbonyl (C=O) groups is 4. The largest absolute Gasteiger partial charge is 0.351 e. The second-order valence-corrected chi connectivity index (χ2v) is 10.0. The van der Waals surface area contributed by atoms with E-state index in [1.54, 1.807) is 6.07 Å². The monoisotopic (exact) mass is 508 g/mol. The lowest BCUT2D eigenvalue weighted by Gasteiger charge is -2.28. The number of anilines is 1. The van der Waals surface area contributed by atoms with Gasteiger partial charge < -0.3 is 10.6 Å². The van der Waals surface area contributed by atoms with E-state index in [4.69, 9.17) is 11.6 Å². The fourth-order valence-corrected chi connectivity index (χ4v) is 4.56. The molecule has 1 fully saturated rings. The number of imide groups is 2. The molecule has 0 saturated carbocycles. The van der Waals surface area contributed by atoms with E-state index < -0.39 is 29.7 Å². The molecule has 4 rings (SSSR count). The summed E-state index contributed by atoms with van der Waals surface area (Å²) in [5, 5.41) is 9.54. The van der Waals surface area contributed by atoms with Crippen LogP contribution >= 0.6 is 11.6 Å². The Morgan fingerprint density at radius 3 is 2.61 bits per heavy atom. The first-order chi connectivity index (χ1) is 17.0. The quantitative estimate of drug-likeness (QED) is 0.473. The molecule has 0 spiro atoms. The molecule has 0 bridgehead atoms. The van der Waals surface area contributed by atoms with Crippen molar-refractivity contribution in [2.24, 2.45) is 0 Å². The maximum atomic E-state index is 12.9. The fourth-order valence-electron chi connectivity index (χ4n) is 4.35. The summed E-state index contributed by atoms with van der Waals surface area (Å²) in [6.45, 7) is 6.86. The zero-order valence-electron chi connectivity index (χ0n) is 20.5. The van der Waals surface area contributed by atoms with Crippen LogP contribution in [0.15, 0.2) is 54.2 Å². The average molecular weight is 509 g/mol. The molecule has 2 heterocycles. The van der Waals surface area contributed by atoms with Crippen LogP contribution in [-0.4, -0.2) is 41.1 Å². The minimum Gasteiger partial charge on any atom is -0.351 e. The smallest absolute Gasteiger partial charge is 0.278 e. The van der Waals surface area contributed by atoms with Gasteiger partial charge in [-0.25, -0.2) is 0 Å². The summed E-state index contributed by atoms with van der Waals surface area (Å²) in [5.41, 5.74) is 3.56. The second kappa shape index (κ2) is 10.2. The van der Waals surface area contributed by atoms with Gasteiger partial charge >= 0.3 is 0 Å². The number of benzene rings is 2. The number of halogens is 1. The van der Waals surface area contributed by atoms with Crippen LogP contribution < -0.4 is 16.0 Å². The van der Waals surface area contributed by atoms with Crippen LogP contribution in [0.25, 0.3) is 0 Å². The van der Waals surface area contributed by atoms with E-state index in [1.807, 2.05) is 37.3 Å². The highest BCUT2D eigenvalue weighted by Gasteiger charge is 2.42. The van der Waals surface area contributed by atoms with Gasteiger partial charge in [0.15, 0.2) is 0 Å². The Labute approximate surface area is 215 Å². The predicted octanol–water partition coefficient (Wildman–Crippen LogP) is 3.19. The highest BCUT2D eigenvalue weighted by molar-refractivity contribution is 6.31. The van der Waals surface area contributed by atoms with Crippen molar-refractivity contribution in [3.63, 3.8) is 0 Å². The highest BCUT2D eigenvalue weighted by Crippen LogP contribution is 2.26. The van der Waals surface area contributed by atoms with E-state index in [0.29, 0.717) is 5.69 Å². The third kappa shape index (κ3) is 5.50. The van der Waals surface area contributed by atoms with Crippen LogP contribution in [0.3, 0.4) is 0 Å². The molecule has 8 nitrogen and oxygen atoms in total. The van der Waals surface area contributed by atoms with E-state index in [1.165, 1.54) is 6.08 Å². The minimum atomic E-state index is -0.990. The van der Waals surface area contributed by atoms with E-state index in [-0.39, 0.29) is 24.1 Å². The van der Waals surface area contributed by atoms with Gasteiger partial charge in [-0.15, -0.1) is 0 Å². The number of amides is 4. The Kier molecular flexibility index (Phi) is 7.28. The summed E-state index contributed by atoms with van der Waals surface area (Å²) in [6.07, 6.45) is 2.21. The van der Waals surface area contributed by atoms with Crippen molar-refractivity contribution in [1.82, 2.24) is 15.5 Å². The van der Waals surface area contributed by atoms with Crippen molar-refractivity contribution in [3.05, 3.63) is 76.0 Å². The Balaban J connectivity index is 1.40. The number of piperidine rings is 1. The Morgan fingerprint density at radius 1 is 1.11 bits per heavy atom. The number of rotatable bonds is 8. The molecule has 4 amide bonds. The molecule has 1 unspecified atom stereocenters. The van der Waals surface area contributed by atoms with Crippen LogP contribution in [0.2, 0.25) is 5.02 Å². The molecular formula is C27H29ClN4O4. The summed E-state index contributed by atoms with van der Waals surface area (Å²) in [7, 11) is 0. The highest BCUT2D eigenvalue weighted by atomic mass is 35.5. The van der Waals surface area contributed by atoms with Crippen molar-refractivity contribution in [3.8, 4) is 0 Å². The van der Waals surface area contributed by atoms with E-state index in [2.05, 4.69) is 35.9 Å². The van der Waals surface area contributed by atoms with Crippen LogP contribution in [0.1, 0.15) is 43.4 Å². The van der Waals surface area contributed by atoms with Gasteiger partial charge in [0.05, 0.1) is 0 Å². The molecule has 2 aliphatic rings. The van der Waals surface area contributed by atoms with Crippen LogP contribution in [-0.2, 0) is 31.1 Å². The lowest BCUT2D eigenvalue weighted by atomic mass is 9.93. The topological polar surface area (TPSA) is 108 Å². The standard InChI is InChI=1S/C27H29ClN4O4/c1-16-7-8-17(13-20(16)28)11-12-29-27(2,3)18-5-4-6-19(14-18)30-21-15-24(34)32(26(21)36)22-9-10-23(33)31-25(22)35/h4-8,13-15,22,29-30H,9-12H2,1-3H3,(H,31,33,35). The van der Waals surface area contributed by atoms with E-state index in [0.717, 1.165) is 39.6 Å². The molecule has 1 atom stereocenters. The van der Waals surface area contributed by atoms with Gasteiger partial charge in [-0.05, 0) is 75.0 Å². The lowest BCUT2D eigenvalue weighted by Crippen LogP contribution is -2.54. The van der Waals surface area contributed by atoms with Gasteiger partial charge in [-0.3, -0.25) is 29.4 Å². The van der Waals surface area contributed by atoms with Gasteiger partial charge in [0.1, 0.15) is 11.7 Å². The van der Waals surface area contributed by atoms with Crippen LogP contribution in [0.5, 0.6) is 0 Å². The molecule has 2 aromatic rings. The van der Waals surface area contributed by atoms with Gasteiger partial charge in [0, 0.05) is 28.7 Å². The summed E-state index contributed by atoms with van der Waals surface area (Å²) in [4.78, 5) is 50.0. The molecule has 0 aliphatic carbocycles. The van der Waals surface area contributed by atoms with Gasteiger partial charge in [0.25, 0.3) is 11.8 Å². The normalized spacial score (nSPS) is 18.4. The lowest BCUT2D eigenvalue weighted by molar-refractivity contribution is -0.149. The molecule has 0 aromatic heterocycles. The van der Waals surface area contributed by atoms with Gasteiger partial charge in [-0.2, -0.15) is 0 Å². The number of nitrogens with one attached hydrogen (secondary N) is 3. The maximum absolute atomic E-state index is 12.9. The molecule has 9 heteroatoms. The maximum Gasteiger partial charge on any atom is 0.278 e. The minimum absolute atomic E-state index is 0.0807. The van der Waals surface area contributed by atoms with E-state index in [9.17, 15) is 19.2 Å². The van der Waals surface area contributed by atoms with E-state index >= 15 is 0 Å². The van der Waals surface area contributed by atoms with Crippen molar-refractivity contribution in [2.75, 3.05) is 11.9 Å². The average Bonchev–Trinajstić information content (AvgIpc) is 3.09. The number of aryl methyl sites for hydroxylation is 1. The Hall–Kier alpha value is -3.49. The Morgan fingerprint density at radius 2 is 1.89 bits per heavy atom. The summed E-state index contributed by atoms with van der Waals surface area (Å²) < 4.78 is 0. The van der Waals surface area contributed by atoms with Crippen LogP contribution in [0.4, 0.5) is 5.69 Å². The van der Waals surface area contributed by atoms with Crippen molar-refractivity contribution < 1.29 is 19.2 Å². The van der Waals surface area contributed by atoms with Crippen LogP contribution in [0, 0.1) is 6.92 Å². The molecule has 3 N–H and O–H groups in total. The zero-order chi connectivity index (χ0) is 26.0. The first-order valence-corrected chi connectivity index (χ1v) is 12.2. The third-order valence-corrected chi connectivity index (χ3v) is 6.96. The first-order valence-electron chi connectivity index (χ1n) is 11.9. The number of hydrogen-bond donors (Lipinski definition) is 3. The molecule has 188 valence electrons. The third-order valence-electron chi connectivity index (χ3n) is 6.56. The SMILES string of the molecule is Cc1ccc(CCNC(C)(C)c2cccc(NC3=CC(=O)N(C4CCC(=O)NC4=O)C3=O)c2)cc1Cl.